The highest BCUT2D eigenvalue weighted by molar-refractivity contribution is 4.81. The van der Waals surface area contributed by atoms with Crippen LogP contribution in [0.3, 0.4) is 0 Å². The van der Waals surface area contributed by atoms with Crippen LogP contribution < -0.4 is 0 Å². The first-order chi connectivity index (χ1) is 14.1. The van der Waals surface area contributed by atoms with Gasteiger partial charge in [0, 0.05) is 0 Å². The molecule has 0 heteroatoms. The monoisotopic (exact) mass is 523 g/mol. The predicted octanol–water partition coefficient (Wildman–Crippen LogP) is 15.6. The van der Waals surface area contributed by atoms with E-state index in [0.29, 0.717) is 0 Å². The average molecular weight is 523 g/mol. The van der Waals surface area contributed by atoms with Crippen LogP contribution in [-0.2, 0) is 0 Å². The molecule has 36 heavy (non-hydrogen) atoms. The Morgan fingerprint density at radius 2 is 0.611 bits per heavy atom. The van der Waals surface area contributed by atoms with Gasteiger partial charge in [0.1, 0.15) is 0 Å². The van der Waals surface area contributed by atoms with Gasteiger partial charge >= 0.3 is 0 Å². The maximum absolute atomic E-state index is 2.34. The lowest BCUT2D eigenvalue weighted by Gasteiger charge is -2.12. The number of rotatable bonds is 12. The van der Waals surface area contributed by atoms with E-state index in [1.807, 2.05) is 0 Å². The minimum absolute atomic E-state index is 0. The van der Waals surface area contributed by atoms with Crippen molar-refractivity contribution in [3.8, 4) is 0 Å². The van der Waals surface area contributed by atoms with Crippen molar-refractivity contribution in [1.82, 2.24) is 0 Å². The van der Waals surface area contributed by atoms with Crippen LogP contribution >= 0.6 is 0 Å². The molecule has 0 saturated carbocycles. The molecule has 0 radical (unpaired) electrons. The van der Waals surface area contributed by atoms with Gasteiger partial charge in [-0.3, -0.25) is 0 Å². The average Bonchev–Trinajstić information content (AvgIpc) is 2.78. The second kappa shape index (κ2) is 55.3. The van der Waals surface area contributed by atoms with E-state index >= 15 is 0 Å². The maximum atomic E-state index is 2.34. The molecular weight excluding hydrogens is 432 g/mol. The molecule has 0 aliphatic carbocycles. The lowest BCUT2D eigenvalue weighted by atomic mass is 9.94. The first kappa shape index (κ1) is 65.1. The summed E-state index contributed by atoms with van der Waals surface area (Å²) in [5.74, 6) is 4.60. The molecule has 0 bridgehead atoms. The van der Waals surface area contributed by atoms with E-state index < -0.39 is 0 Å². The molecule has 0 spiro atoms. The number of hydrogen-bond acceptors (Lipinski definition) is 0. The van der Waals surface area contributed by atoms with Crippen LogP contribution in [-0.4, -0.2) is 0 Å². The third-order valence-corrected chi connectivity index (χ3v) is 6.62. The molecule has 0 aliphatic rings. The maximum Gasteiger partial charge on any atom is -0.0325 e. The van der Waals surface area contributed by atoms with E-state index in [2.05, 4.69) is 102 Å². The van der Waals surface area contributed by atoms with Gasteiger partial charge in [0.05, 0.1) is 0 Å². The highest BCUT2D eigenvalue weighted by atomic mass is 14.1. The van der Waals surface area contributed by atoms with Gasteiger partial charge in [-0.1, -0.05) is 192 Å². The van der Waals surface area contributed by atoms with E-state index in [9.17, 15) is 0 Å². The van der Waals surface area contributed by atoms with Crippen molar-refractivity contribution in [1.29, 1.82) is 0 Å². The molecule has 0 aliphatic heterocycles. The van der Waals surface area contributed by atoms with E-state index in [4.69, 9.17) is 0 Å². The lowest BCUT2D eigenvalue weighted by Crippen LogP contribution is -2.00. The van der Waals surface area contributed by atoms with Gasteiger partial charge in [-0.25, -0.2) is 0 Å². The summed E-state index contributed by atoms with van der Waals surface area (Å²) in [6.07, 6.45) is 17.7. The van der Waals surface area contributed by atoms with Crippen molar-refractivity contribution < 1.29 is 0 Å². The molecule has 1 unspecified atom stereocenters. The molecule has 0 N–H and O–H groups in total. The zero-order valence-electron chi connectivity index (χ0n) is 24.1. The van der Waals surface area contributed by atoms with Crippen LogP contribution in [0.4, 0.5) is 0 Å². The summed E-state index contributed by atoms with van der Waals surface area (Å²) in [5, 5.41) is 0. The van der Waals surface area contributed by atoms with Crippen LogP contribution in [0.1, 0.15) is 199 Å². The molecule has 0 aromatic rings. The Kier molecular flexibility index (Phi) is 100. The van der Waals surface area contributed by atoms with Crippen molar-refractivity contribution in [2.75, 3.05) is 0 Å². The highest BCUT2D eigenvalue weighted by Crippen LogP contribution is 2.16. The molecule has 0 amide bonds. The number of hydrogen-bond donors (Lipinski definition) is 0. The van der Waals surface area contributed by atoms with Crippen molar-refractivity contribution in [2.24, 2.45) is 29.6 Å². The Bertz CT molecular complexity index is 264. The highest BCUT2D eigenvalue weighted by Gasteiger charge is 2.03. The Hall–Kier alpha value is -0.260. The van der Waals surface area contributed by atoms with Crippen molar-refractivity contribution in [3.63, 3.8) is 0 Å². The molecule has 3 atom stereocenters. The van der Waals surface area contributed by atoms with Crippen LogP contribution in [0.5, 0.6) is 0 Å². The third-order valence-electron chi connectivity index (χ3n) is 6.62. The molecule has 0 saturated heterocycles. The first-order valence-electron chi connectivity index (χ1n) is 13.8. The van der Waals surface area contributed by atoms with Gasteiger partial charge in [0.15, 0.2) is 0 Å². The van der Waals surface area contributed by atoms with Gasteiger partial charge in [0.2, 0.25) is 0 Å². The quantitative estimate of drug-likeness (QED) is 0.223. The summed E-state index contributed by atoms with van der Waals surface area (Å²) in [7, 11) is 0. The van der Waals surface area contributed by atoms with Gasteiger partial charge in [-0.2, -0.15) is 0 Å². The van der Waals surface area contributed by atoms with Crippen LogP contribution in [0.15, 0.2) is 12.2 Å². The second-order valence-electron chi connectivity index (χ2n) is 9.73. The zero-order chi connectivity index (χ0) is 24.4. The molecular formula is C36H90. The van der Waals surface area contributed by atoms with E-state index in [1.165, 1.54) is 64.2 Å². The fourth-order valence-electron chi connectivity index (χ4n) is 2.26. The number of allylic oxidation sites excluding steroid dienone is 2. The summed E-state index contributed by atoms with van der Waals surface area (Å²) < 4.78 is 0. The lowest BCUT2D eigenvalue weighted by molar-refractivity contribution is 0.397. The van der Waals surface area contributed by atoms with Crippen molar-refractivity contribution in [3.05, 3.63) is 12.2 Å². The van der Waals surface area contributed by atoms with Crippen molar-refractivity contribution in [2.45, 2.75) is 199 Å². The summed E-state index contributed by atoms with van der Waals surface area (Å²) >= 11 is 0. The summed E-state index contributed by atoms with van der Waals surface area (Å²) in [4.78, 5) is 0. The first-order valence-corrected chi connectivity index (χ1v) is 13.8. The Morgan fingerprint density at radius 1 is 0.361 bits per heavy atom. The van der Waals surface area contributed by atoms with Crippen LogP contribution in [0.25, 0.3) is 0 Å². The summed E-state index contributed by atoms with van der Waals surface area (Å²) in [6.45, 7) is 29.4. The molecule has 0 nitrogen and oxygen atoms in total. The van der Waals surface area contributed by atoms with E-state index in [0.717, 1.165) is 29.6 Å². The molecule has 0 aromatic heterocycles. The minimum Gasteiger partial charge on any atom is -0.0888 e. The van der Waals surface area contributed by atoms with Gasteiger partial charge in [-0.15, -0.1) is 0 Å². The molecule has 234 valence electrons. The zero-order valence-corrected chi connectivity index (χ0v) is 24.1. The normalized spacial score (nSPS) is 11.3. The molecule has 0 aromatic carbocycles. The molecule has 0 fully saturated rings. The fourth-order valence-corrected chi connectivity index (χ4v) is 2.26. The predicted molar refractivity (Wildman–Crippen MR) is 187 cm³/mol. The SMILES string of the molecule is C.C.C.C.C.C.CCC(C)CC.CCC(C)CC.CCC(C)C[C@@H](C)CC.CCC=CC[C@@H](C)CC. The second-order valence-corrected chi connectivity index (χ2v) is 9.73. The smallest absolute Gasteiger partial charge is 0.0325 e. The Balaban J connectivity index is -0.0000000301. The molecule has 0 heterocycles. The van der Waals surface area contributed by atoms with E-state index in [-0.39, 0.29) is 44.6 Å². The van der Waals surface area contributed by atoms with Gasteiger partial charge < -0.3 is 0 Å². The van der Waals surface area contributed by atoms with Gasteiger partial charge in [0.25, 0.3) is 0 Å². The van der Waals surface area contributed by atoms with Crippen LogP contribution in [0, 0.1) is 29.6 Å². The van der Waals surface area contributed by atoms with E-state index in [1.54, 1.807) is 0 Å². The van der Waals surface area contributed by atoms with Gasteiger partial charge in [-0.05, 0) is 48.9 Å². The topological polar surface area (TPSA) is 0 Å². The molecule has 0 rings (SSSR count). The fraction of sp³-hybridized carbons (Fsp3) is 0.944. The minimum atomic E-state index is 0. The summed E-state index contributed by atoms with van der Waals surface area (Å²) in [5.41, 5.74) is 0. The Morgan fingerprint density at radius 3 is 0.778 bits per heavy atom. The summed E-state index contributed by atoms with van der Waals surface area (Å²) in [6, 6.07) is 0. The largest absolute Gasteiger partial charge is 0.0888 e. The van der Waals surface area contributed by atoms with Crippen molar-refractivity contribution >= 4 is 0 Å². The third kappa shape index (κ3) is 69.9. The standard InChI is InChI=1S/C9H20.C9H18.2C6H14.6CH4/c1-5-8(3)7-9(4)6-2;1-4-6-7-8-9(3)5-2;2*1-4-6(3)5-2;;;;;;/h8-9H,5-7H2,1-4H3;6-7,9H,4-5,8H2,1-3H3;2*6H,4-5H2,1-3H3;6*1H4/t8-,9?;9-;;;;;;;;/m00......../s1. The van der Waals surface area contributed by atoms with Crippen LogP contribution in [0.2, 0.25) is 0 Å². The Labute approximate surface area is 240 Å².